The Morgan fingerprint density at radius 3 is 2.37 bits per heavy atom. The van der Waals surface area contributed by atoms with Gasteiger partial charge in [0.1, 0.15) is 5.69 Å². The highest BCUT2D eigenvalue weighted by atomic mass is 16.6. The Morgan fingerprint density at radius 1 is 1.22 bits per heavy atom. The number of nitro benzene ring substituents is 1. The molecule has 150 valence electrons. The Bertz CT molecular complexity index is 632. The quantitative estimate of drug-likeness (QED) is 0.557. The topological polar surface area (TPSA) is 78.7 Å². The lowest BCUT2D eigenvalue weighted by molar-refractivity contribution is -0.384. The molecule has 0 bridgehead atoms. The summed E-state index contributed by atoms with van der Waals surface area (Å²) in [6, 6.07) is 7.71. The maximum absolute atomic E-state index is 12.5. The molecule has 0 aliphatic carbocycles. The van der Waals surface area contributed by atoms with Crippen molar-refractivity contribution >= 4 is 17.3 Å². The SMILES string of the molecule is CC(C)N(CCNC(=O)C1CCN(c2ccccc2[N+](=O)[O-])CC1)C(C)C. The summed E-state index contributed by atoms with van der Waals surface area (Å²) in [4.78, 5) is 27.7. The number of hydrogen-bond donors (Lipinski definition) is 1. The summed E-state index contributed by atoms with van der Waals surface area (Å²) in [5.74, 6) is 0.0836. The van der Waals surface area contributed by atoms with Crippen LogP contribution < -0.4 is 10.2 Å². The van der Waals surface area contributed by atoms with E-state index in [1.165, 1.54) is 6.07 Å². The molecule has 0 saturated carbocycles. The summed E-state index contributed by atoms with van der Waals surface area (Å²) < 4.78 is 0. The molecule has 1 N–H and O–H groups in total. The Labute approximate surface area is 161 Å². The van der Waals surface area contributed by atoms with Crippen molar-refractivity contribution in [3.63, 3.8) is 0 Å². The van der Waals surface area contributed by atoms with E-state index in [9.17, 15) is 14.9 Å². The van der Waals surface area contributed by atoms with Crippen LogP contribution in [0.4, 0.5) is 11.4 Å². The van der Waals surface area contributed by atoms with Gasteiger partial charge in [0.05, 0.1) is 4.92 Å². The van der Waals surface area contributed by atoms with Crippen molar-refractivity contribution in [1.29, 1.82) is 0 Å². The zero-order valence-electron chi connectivity index (χ0n) is 16.9. The second-order valence-electron chi connectivity index (χ2n) is 7.72. The first-order valence-electron chi connectivity index (χ1n) is 9.83. The van der Waals surface area contributed by atoms with E-state index in [1.807, 2.05) is 11.0 Å². The number of nitrogens with zero attached hydrogens (tertiary/aromatic N) is 3. The highest BCUT2D eigenvalue weighted by molar-refractivity contribution is 5.79. The van der Waals surface area contributed by atoms with Crippen LogP contribution in [0.2, 0.25) is 0 Å². The average molecular weight is 377 g/mol. The van der Waals surface area contributed by atoms with Crippen LogP contribution in [-0.2, 0) is 4.79 Å². The van der Waals surface area contributed by atoms with Crippen molar-refractivity contribution in [3.05, 3.63) is 34.4 Å². The predicted molar refractivity (Wildman–Crippen MR) is 108 cm³/mol. The summed E-state index contributed by atoms with van der Waals surface area (Å²) in [5, 5.41) is 14.3. The minimum absolute atomic E-state index is 0.0180. The van der Waals surface area contributed by atoms with E-state index in [4.69, 9.17) is 0 Å². The fourth-order valence-electron chi connectivity index (χ4n) is 3.83. The third-order valence-corrected chi connectivity index (χ3v) is 5.28. The van der Waals surface area contributed by atoms with Gasteiger partial charge in [0.25, 0.3) is 5.69 Å². The van der Waals surface area contributed by atoms with Gasteiger partial charge in [-0.2, -0.15) is 0 Å². The molecular weight excluding hydrogens is 344 g/mol. The van der Waals surface area contributed by atoms with Gasteiger partial charge in [0.15, 0.2) is 0 Å². The summed E-state index contributed by atoms with van der Waals surface area (Å²) in [7, 11) is 0. The van der Waals surface area contributed by atoms with E-state index in [0.29, 0.717) is 37.4 Å². The second kappa shape index (κ2) is 9.69. The number of hydrogen-bond acceptors (Lipinski definition) is 5. The molecule has 1 aromatic carbocycles. The molecule has 2 rings (SSSR count). The summed E-state index contributed by atoms with van der Waals surface area (Å²) >= 11 is 0. The molecule has 1 heterocycles. The molecule has 1 aliphatic rings. The fraction of sp³-hybridized carbons (Fsp3) is 0.650. The normalized spacial score (nSPS) is 15.6. The Balaban J connectivity index is 1.83. The molecule has 0 aromatic heterocycles. The molecule has 0 unspecified atom stereocenters. The van der Waals surface area contributed by atoms with Crippen LogP contribution >= 0.6 is 0 Å². The number of nitro groups is 1. The first-order valence-corrected chi connectivity index (χ1v) is 9.83. The monoisotopic (exact) mass is 376 g/mol. The van der Waals surface area contributed by atoms with Crippen molar-refractivity contribution in [2.24, 2.45) is 5.92 Å². The molecule has 1 aliphatic heterocycles. The number of benzene rings is 1. The van der Waals surface area contributed by atoms with Gasteiger partial charge >= 0.3 is 0 Å². The zero-order chi connectivity index (χ0) is 20.0. The first kappa shape index (κ1) is 21.2. The van der Waals surface area contributed by atoms with Gasteiger partial charge in [-0.1, -0.05) is 12.1 Å². The number of piperidine rings is 1. The molecule has 1 fully saturated rings. The first-order chi connectivity index (χ1) is 12.8. The van der Waals surface area contributed by atoms with Gasteiger partial charge in [0.2, 0.25) is 5.91 Å². The predicted octanol–water partition coefficient (Wildman–Crippen LogP) is 3.05. The van der Waals surface area contributed by atoms with E-state index in [1.54, 1.807) is 12.1 Å². The molecule has 27 heavy (non-hydrogen) atoms. The molecular formula is C20H32N4O3. The van der Waals surface area contributed by atoms with Gasteiger partial charge in [-0.05, 0) is 46.6 Å². The number of amides is 1. The number of nitrogens with one attached hydrogen (secondary N) is 1. The third-order valence-electron chi connectivity index (χ3n) is 5.28. The summed E-state index contributed by atoms with van der Waals surface area (Å²) in [6.45, 7) is 11.5. The van der Waals surface area contributed by atoms with Crippen LogP contribution in [-0.4, -0.2) is 54.0 Å². The number of carbonyl (C=O) groups excluding carboxylic acids is 1. The minimum Gasteiger partial charge on any atom is -0.366 e. The molecule has 1 amide bonds. The van der Waals surface area contributed by atoms with E-state index < -0.39 is 0 Å². The summed E-state index contributed by atoms with van der Waals surface area (Å²) in [6.07, 6.45) is 1.44. The highest BCUT2D eigenvalue weighted by Crippen LogP contribution is 2.31. The van der Waals surface area contributed by atoms with Crippen LogP contribution in [0, 0.1) is 16.0 Å². The van der Waals surface area contributed by atoms with Gasteiger partial charge in [-0.25, -0.2) is 0 Å². The Kier molecular flexibility index (Phi) is 7.59. The van der Waals surface area contributed by atoms with Gasteiger partial charge < -0.3 is 10.2 Å². The van der Waals surface area contributed by atoms with Gasteiger partial charge in [-0.3, -0.25) is 19.8 Å². The molecule has 0 spiro atoms. The van der Waals surface area contributed by atoms with Crippen LogP contribution in [0.15, 0.2) is 24.3 Å². The van der Waals surface area contributed by atoms with Crippen molar-refractivity contribution in [2.75, 3.05) is 31.1 Å². The summed E-state index contributed by atoms with van der Waals surface area (Å²) in [5.41, 5.74) is 0.772. The molecule has 1 saturated heterocycles. The van der Waals surface area contributed by atoms with E-state index in [2.05, 4.69) is 37.9 Å². The van der Waals surface area contributed by atoms with E-state index in [0.717, 1.165) is 19.4 Å². The Hall–Kier alpha value is -2.15. The van der Waals surface area contributed by atoms with Crippen LogP contribution in [0.5, 0.6) is 0 Å². The molecule has 1 aromatic rings. The maximum Gasteiger partial charge on any atom is 0.292 e. The number of rotatable bonds is 8. The van der Waals surface area contributed by atoms with Crippen LogP contribution in [0.3, 0.4) is 0 Å². The smallest absolute Gasteiger partial charge is 0.292 e. The Morgan fingerprint density at radius 2 is 1.81 bits per heavy atom. The average Bonchev–Trinajstić information content (AvgIpc) is 2.64. The van der Waals surface area contributed by atoms with Gasteiger partial charge in [-0.15, -0.1) is 0 Å². The maximum atomic E-state index is 12.5. The second-order valence-corrected chi connectivity index (χ2v) is 7.72. The largest absolute Gasteiger partial charge is 0.366 e. The fourth-order valence-corrected chi connectivity index (χ4v) is 3.83. The molecule has 7 heteroatoms. The molecule has 7 nitrogen and oxygen atoms in total. The molecule has 0 radical (unpaired) electrons. The lowest BCUT2D eigenvalue weighted by Crippen LogP contribution is -2.45. The lowest BCUT2D eigenvalue weighted by Gasteiger charge is -2.33. The standard InChI is InChI=1S/C20H32N4O3/c1-15(2)23(16(3)4)14-11-21-20(25)17-9-12-22(13-10-17)18-7-5-6-8-19(18)24(26)27/h5-8,15-17H,9-14H2,1-4H3,(H,21,25). The lowest BCUT2D eigenvalue weighted by atomic mass is 9.95. The van der Waals surface area contributed by atoms with Gasteiger partial charge in [0, 0.05) is 50.2 Å². The minimum atomic E-state index is -0.344. The third kappa shape index (κ3) is 5.66. The highest BCUT2D eigenvalue weighted by Gasteiger charge is 2.28. The van der Waals surface area contributed by atoms with E-state index >= 15 is 0 Å². The van der Waals surface area contributed by atoms with Crippen molar-refractivity contribution in [2.45, 2.75) is 52.6 Å². The zero-order valence-corrected chi connectivity index (χ0v) is 16.9. The number of anilines is 1. The number of para-hydroxylation sites is 2. The van der Waals surface area contributed by atoms with Crippen molar-refractivity contribution in [1.82, 2.24) is 10.2 Å². The van der Waals surface area contributed by atoms with Crippen molar-refractivity contribution < 1.29 is 9.72 Å². The van der Waals surface area contributed by atoms with Crippen LogP contribution in [0.25, 0.3) is 0 Å². The van der Waals surface area contributed by atoms with Crippen molar-refractivity contribution in [3.8, 4) is 0 Å². The molecule has 0 atom stereocenters. The number of carbonyl (C=O) groups is 1. The van der Waals surface area contributed by atoms with E-state index in [-0.39, 0.29) is 22.4 Å². The van der Waals surface area contributed by atoms with Crippen LogP contribution in [0.1, 0.15) is 40.5 Å².